The summed E-state index contributed by atoms with van der Waals surface area (Å²) in [6.45, 7) is 1.43. The monoisotopic (exact) mass is 400 g/mol. The Bertz CT molecular complexity index is 1010. The lowest BCUT2D eigenvalue weighted by molar-refractivity contribution is -0.125. The van der Waals surface area contributed by atoms with Gasteiger partial charge in [0.2, 0.25) is 0 Å². The van der Waals surface area contributed by atoms with Crippen molar-refractivity contribution in [2.45, 2.75) is 13.0 Å². The van der Waals surface area contributed by atoms with Crippen molar-refractivity contribution in [1.29, 1.82) is 0 Å². The zero-order valence-corrected chi connectivity index (χ0v) is 16.0. The van der Waals surface area contributed by atoms with E-state index in [2.05, 4.69) is 0 Å². The van der Waals surface area contributed by atoms with Crippen LogP contribution in [0.1, 0.15) is 17.3 Å². The molecule has 8 heteroatoms. The van der Waals surface area contributed by atoms with E-state index in [1.165, 1.54) is 9.80 Å². The second kappa shape index (κ2) is 6.83. The summed E-state index contributed by atoms with van der Waals surface area (Å²) in [5, 5.41) is 0.438. The molecule has 0 fully saturated rings. The molecule has 2 heterocycles. The van der Waals surface area contributed by atoms with Crippen molar-refractivity contribution in [3.63, 3.8) is 0 Å². The summed E-state index contributed by atoms with van der Waals surface area (Å²) < 4.78 is 11.0. The van der Waals surface area contributed by atoms with Gasteiger partial charge in [0, 0.05) is 17.6 Å². The van der Waals surface area contributed by atoms with Crippen LogP contribution in [0, 0.1) is 0 Å². The van der Waals surface area contributed by atoms with E-state index >= 15 is 0 Å². The normalized spacial score (nSPS) is 18.2. The van der Waals surface area contributed by atoms with Gasteiger partial charge in [-0.05, 0) is 43.3 Å². The van der Waals surface area contributed by atoms with E-state index in [0.29, 0.717) is 33.5 Å². The fourth-order valence-corrected chi connectivity index (χ4v) is 3.39. The zero-order chi connectivity index (χ0) is 20.0. The first kappa shape index (κ1) is 18.3. The second-order valence-corrected chi connectivity index (χ2v) is 7.08. The van der Waals surface area contributed by atoms with Crippen molar-refractivity contribution >= 4 is 40.6 Å². The molecule has 0 aliphatic carbocycles. The number of hydrogen-bond donors (Lipinski definition) is 0. The highest BCUT2D eigenvalue weighted by Gasteiger charge is 2.33. The lowest BCUT2D eigenvalue weighted by Gasteiger charge is -2.32. The molecule has 28 heavy (non-hydrogen) atoms. The molecule has 2 aliphatic heterocycles. The maximum atomic E-state index is 12.9. The van der Waals surface area contributed by atoms with Crippen LogP contribution in [-0.4, -0.2) is 43.9 Å². The van der Waals surface area contributed by atoms with Crippen LogP contribution in [0.4, 0.5) is 11.4 Å². The minimum Gasteiger partial charge on any atom is -0.482 e. The molecule has 2 aliphatic rings. The van der Waals surface area contributed by atoms with Gasteiger partial charge in [0.1, 0.15) is 11.5 Å². The lowest BCUT2D eigenvalue weighted by atomic mass is 10.1. The first-order chi connectivity index (χ1) is 13.3. The van der Waals surface area contributed by atoms with Crippen molar-refractivity contribution in [3.8, 4) is 11.5 Å². The number of likely N-dealkylation sites (N-methyl/N-ethyl adjacent to an activating group) is 1. The molecule has 0 aromatic heterocycles. The molecule has 7 nitrogen and oxygen atoms in total. The first-order valence-electron chi connectivity index (χ1n) is 8.69. The highest BCUT2D eigenvalue weighted by Crippen LogP contribution is 2.37. The topological polar surface area (TPSA) is 76.2 Å². The van der Waals surface area contributed by atoms with Gasteiger partial charge in [0.25, 0.3) is 11.8 Å². The number of hydrogen-bond acceptors (Lipinski definition) is 5. The fourth-order valence-electron chi connectivity index (χ4n) is 3.22. The highest BCUT2D eigenvalue weighted by atomic mass is 35.5. The van der Waals surface area contributed by atoms with Crippen molar-refractivity contribution in [1.82, 2.24) is 0 Å². The molecule has 0 radical (unpaired) electrons. The van der Waals surface area contributed by atoms with Crippen molar-refractivity contribution in [2.75, 3.05) is 30.0 Å². The fraction of sp³-hybridized carbons (Fsp3) is 0.250. The maximum Gasteiger partial charge on any atom is 0.268 e. The number of rotatable bonds is 3. The Morgan fingerprint density at radius 3 is 2.68 bits per heavy atom. The van der Waals surface area contributed by atoms with Gasteiger partial charge in [-0.1, -0.05) is 11.6 Å². The maximum absolute atomic E-state index is 12.9. The van der Waals surface area contributed by atoms with E-state index in [4.69, 9.17) is 21.1 Å². The number of benzene rings is 2. The zero-order valence-electron chi connectivity index (χ0n) is 15.3. The number of Topliss-reactive ketones (excluding diaryl/α,β-unsaturated/α-hetero) is 1. The molecule has 0 spiro atoms. The number of carbonyl (C=O) groups excluding carboxylic acids is 3. The number of amides is 2. The molecule has 0 unspecified atom stereocenters. The Morgan fingerprint density at radius 1 is 1.14 bits per heavy atom. The minimum atomic E-state index is -0.706. The number of nitrogens with zero attached hydrogens (tertiary/aromatic N) is 2. The van der Waals surface area contributed by atoms with Crippen LogP contribution in [-0.2, 0) is 9.59 Å². The van der Waals surface area contributed by atoms with Crippen LogP contribution < -0.4 is 19.3 Å². The molecule has 1 atom stereocenters. The summed E-state index contributed by atoms with van der Waals surface area (Å²) in [6, 6.07) is 9.81. The number of ketones is 1. The average molecular weight is 401 g/mol. The lowest BCUT2D eigenvalue weighted by Crippen LogP contribution is -2.46. The van der Waals surface area contributed by atoms with E-state index in [0.717, 1.165) is 0 Å². The Labute approximate surface area is 166 Å². The largest absolute Gasteiger partial charge is 0.482 e. The van der Waals surface area contributed by atoms with E-state index in [1.807, 2.05) is 0 Å². The summed E-state index contributed by atoms with van der Waals surface area (Å²) >= 11 is 6.06. The van der Waals surface area contributed by atoms with E-state index < -0.39 is 6.10 Å². The predicted molar refractivity (Wildman–Crippen MR) is 104 cm³/mol. The number of anilines is 2. The van der Waals surface area contributed by atoms with Gasteiger partial charge in [0.05, 0.1) is 17.9 Å². The molecule has 2 aromatic carbocycles. The molecule has 4 rings (SSSR count). The molecular formula is C20H17ClN2O5. The Kier molecular flexibility index (Phi) is 4.47. The summed E-state index contributed by atoms with van der Waals surface area (Å²) in [5.74, 6) is 0.234. The standard InChI is InChI=1S/C20H17ClN2O5/c1-11-20(26)23(15-8-13(21)4-6-18(15)28-11)9-16(24)12-3-5-17-14(7-12)22(2)19(25)10-27-17/h3-8,11H,9-10H2,1-2H3/t11-/m1/s1. The smallest absolute Gasteiger partial charge is 0.268 e. The molecule has 2 amide bonds. The Hall–Kier alpha value is -3.06. The van der Waals surface area contributed by atoms with Crippen molar-refractivity contribution in [3.05, 3.63) is 47.0 Å². The van der Waals surface area contributed by atoms with Gasteiger partial charge in [-0.15, -0.1) is 0 Å². The van der Waals surface area contributed by atoms with Crippen LogP contribution in [0.15, 0.2) is 36.4 Å². The third kappa shape index (κ3) is 3.07. The summed E-state index contributed by atoms with van der Waals surface area (Å²) in [7, 11) is 1.63. The first-order valence-corrected chi connectivity index (χ1v) is 9.07. The predicted octanol–water partition coefficient (Wildman–Crippen LogP) is 2.69. The Morgan fingerprint density at radius 2 is 1.89 bits per heavy atom. The van der Waals surface area contributed by atoms with Crippen LogP contribution in [0.5, 0.6) is 11.5 Å². The van der Waals surface area contributed by atoms with Crippen LogP contribution in [0.3, 0.4) is 0 Å². The van der Waals surface area contributed by atoms with Crippen molar-refractivity contribution in [2.24, 2.45) is 0 Å². The molecule has 0 N–H and O–H groups in total. The average Bonchev–Trinajstić information content (AvgIpc) is 2.68. The molecule has 2 aromatic rings. The molecule has 144 valence electrons. The Balaban J connectivity index is 1.65. The van der Waals surface area contributed by atoms with Gasteiger partial charge in [0.15, 0.2) is 18.5 Å². The van der Waals surface area contributed by atoms with Crippen LogP contribution in [0.25, 0.3) is 0 Å². The van der Waals surface area contributed by atoms with Crippen LogP contribution >= 0.6 is 11.6 Å². The number of carbonyl (C=O) groups is 3. The molecule has 0 saturated heterocycles. The van der Waals surface area contributed by atoms with Crippen molar-refractivity contribution < 1.29 is 23.9 Å². The second-order valence-electron chi connectivity index (χ2n) is 6.64. The summed E-state index contributed by atoms with van der Waals surface area (Å²) in [6.07, 6.45) is -0.706. The van der Waals surface area contributed by atoms with E-state index in [9.17, 15) is 14.4 Å². The van der Waals surface area contributed by atoms with E-state index in [-0.39, 0.29) is 30.7 Å². The number of fused-ring (bicyclic) bond motifs is 2. The van der Waals surface area contributed by atoms with Gasteiger partial charge >= 0.3 is 0 Å². The van der Waals surface area contributed by atoms with Crippen LogP contribution in [0.2, 0.25) is 5.02 Å². The summed E-state index contributed by atoms with van der Waals surface area (Å²) in [4.78, 5) is 40.2. The van der Waals surface area contributed by atoms with Gasteiger partial charge < -0.3 is 14.4 Å². The van der Waals surface area contributed by atoms with Gasteiger partial charge in [-0.25, -0.2) is 0 Å². The van der Waals surface area contributed by atoms with Gasteiger partial charge in [-0.3, -0.25) is 19.3 Å². The molecular weight excluding hydrogens is 384 g/mol. The minimum absolute atomic E-state index is 0.0332. The van der Waals surface area contributed by atoms with E-state index in [1.54, 1.807) is 50.4 Å². The molecule has 0 saturated carbocycles. The highest BCUT2D eigenvalue weighted by molar-refractivity contribution is 6.31. The summed E-state index contributed by atoms with van der Waals surface area (Å²) in [5.41, 5.74) is 1.35. The third-order valence-corrected chi connectivity index (χ3v) is 5.03. The third-order valence-electron chi connectivity index (χ3n) is 4.80. The number of ether oxygens (including phenoxy) is 2. The SMILES string of the molecule is C[C@H]1Oc2ccc(Cl)cc2N(CC(=O)c2ccc3c(c2)N(C)C(=O)CO3)C1=O. The molecule has 0 bridgehead atoms. The number of halogens is 1. The quantitative estimate of drug-likeness (QED) is 0.740. The van der Waals surface area contributed by atoms with Gasteiger partial charge in [-0.2, -0.15) is 0 Å².